The van der Waals surface area contributed by atoms with Gasteiger partial charge in [-0.05, 0) is 38.0 Å². The van der Waals surface area contributed by atoms with Gasteiger partial charge in [-0.15, -0.1) is 5.92 Å². The van der Waals surface area contributed by atoms with Crippen LogP contribution < -0.4 is 14.5 Å². The minimum atomic E-state index is -4.87. The highest BCUT2D eigenvalue weighted by Gasteiger charge is 2.48. The van der Waals surface area contributed by atoms with Crippen molar-refractivity contribution in [2.45, 2.75) is 50.1 Å². The summed E-state index contributed by atoms with van der Waals surface area (Å²) in [5.41, 5.74) is 1.48. The van der Waals surface area contributed by atoms with E-state index >= 15 is 0 Å². The largest absolute Gasteiger partial charge is 0.480 e. The van der Waals surface area contributed by atoms with E-state index in [1.807, 2.05) is 6.07 Å². The number of furan rings is 1. The molecular weight excluding hydrogens is 567 g/mol. The predicted octanol–water partition coefficient (Wildman–Crippen LogP) is 4.64. The second-order valence-corrected chi connectivity index (χ2v) is 11.0. The molecule has 7 rings (SSSR count). The summed E-state index contributed by atoms with van der Waals surface area (Å²) in [4.78, 5) is 27.9. The van der Waals surface area contributed by atoms with Crippen LogP contribution in [0.2, 0.25) is 0 Å². The maximum absolute atomic E-state index is 13.9. The lowest BCUT2D eigenvalue weighted by Crippen LogP contribution is -2.44. The van der Waals surface area contributed by atoms with Gasteiger partial charge in [0.05, 0.1) is 18.8 Å². The topological polar surface area (TPSA) is 114 Å². The van der Waals surface area contributed by atoms with E-state index in [2.05, 4.69) is 31.7 Å². The number of pyridine rings is 1. The number of aliphatic carboxylic acids is 1. The Labute approximate surface area is 243 Å². The molecule has 2 saturated heterocycles. The van der Waals surface area contributed by atoms with Crippen molar-refractivity contribution in [1.82, 2.24) is 15.0 Å². The number of aromatic nitrogens is 3. The number of benzene rings is 1. The van der Waals surface area contributed by atoms with Crippen LogP contribution in [0, 0.1) is 11.8 Å². The molecule has 222 valence electrons. The molecular formula is C30H26F3N5O5. The zero-order valence-corrected chi connectivity index (χ0v) is 23.0. The quantitative estimate of drug-likeness (QED) is 0.328. The van der Waals surface area contributed by atoms with E-state index in [1.165, 1.54) is 4.90 Å². The molecule has 43 heavy (non-hydrogen) atoms. The van der Waals surface area contributed by atoms with Crippen LogP contribution in [-0.4, -0.2) is 70.0 Å². The molecule has 10 nitrogen and oxygen atoms in total. The van der Waals surface area contributed by atoms with Crippen molar-refractivity contribution in [2.24, 2.45) is 0 Å². The van der Waals surface area contributed by atoms with Gasteiger partial charge in [-0.1, -0.05) is 18.1 Å². The second kappa shape index (κ2) is 10.0. The molecule has 1 N–H and O–H groups in total. The molecule has 5 heterocycles. The Morgan fingerprint density at radius 3 is 2.79 bits per heavy atom. The number of morpholine rings is 1. The fourth-order valence-electron chi connectivity index (χ4n) is 5.87. The lowest BCUT2D eigenvalue weighted by molar-refractivity contribution is -0.144. The zero-order valence-electron chi connectivity index (χ0n) is 23.0. The number of hydrogen-bond donors (Lipinski definition) is 1. The molecule has 0 bridgehead atoms. The van der Waals surface area contributed by atoms with Gasteiger partial charge < -0.3 is 28.8 Å². The number of rotatable bonds is 5. The number of anilines is 2. The van der Waals surface area contributed by atoms with Gasteiger partial charge in [0.25, 0.3) is 0 Å². The van der Waals surface area contributed by atoms with Crippen LogP contribution in [0.4, 0.5) is 24.7 Å². The molecule has 1 aliphatic carbocycles. The number of fused-ring (bicyclic) bond motifs is 3. The Bertz CT molecular complexity index is 1810. The number of ether oxygens (including phenoxy) is 2. The molecule has 1 spiro atoms. The Kier molecular flexibility index (Phi) is 6.35. The second-order valence-electron chi connectivity index (χ2n) is 11.0. The van der Waals surface area contributed by atoms with Gasteiger partial charge in [0.1, 0.15) is 28.9 Å². The molecule has 2 aliphatic heterocycles. The third-order valence-electron chi connectivity index (χ3n) is 8.05. The van der Waals surface area contributed by atoms with Crippen molar-refractivity contribution in [3.63, 3.8) is 0 Å². The molecule has 1 saturated carbocycles. The first-order valence-corrected chi connectivity index (χ1v) is 13.9. The SMILES string of the molecule is CC#Cc1cnc(O[C@H]2C[C@@H](C(=O)O)N(c3nc(C(F)(F)F)nc4c3oc3ccccc34)C2)c(N2CCOC3(CC3)C2)c1. The van der Waals surface area contributed by atoms with Crippen molar-refractivity contribution in [1.29, 1.82) is 0 Å². The molecule has 2 atom stereocenters. The molecule has 0 unspecified atom stereocenters. The Hall–Kier alpha value is -4.57. The minimum absolute atomic E-state index is 0.0207. The van der Waals surface area contributed by atoms with Gasteiger partial charge >= 0.3 is 12.1 Å². The zero-order chi connectivity index (χ0) is 29.9. The standard InChI is InChI=1S/C30H26F3N5O5/c1-2-5-17-12-20(37-10-11-41-29(16-37)8-9-29)26(34-14-17)42-18-13-21(27(39)40)38(15-18)25-24-23(35-28(36-25)30(31,32)33)19-6-3-4-7-22(19)43-24/h3-4,6-7,12,14,18,21H,8-11,13,15-16H2,1H3,(H,39,40)/t18-,21-/m0/s1. The van der Waals surface area contributed by atoms with Crippen LogP contribution in [-0.2, 0) is 15.7 Å². The maximum atomic E-state index is 13.9. The van der Waals surface area contributed by atoms with E-state index in [1.54, 1.807) is 37.4 Å². The molecule has 3 fully saturated rings. The molecule has 1 aromatic carbocycles. The van der Waals surface area contributed by atoms with E-state index in [0.717, 1.165) is 12.8 Å². The lowest BCUT2D eigenvalue weighted by atomic mass is 10.2. The minimum Gasteiger partial charge on any atom is -0.480 e. The average Bonchev–Trinajstić information content (AvgIpc) is 3.41. The number of hydrogen-bond acceptors (Lipinski definition) is 9. The summed E-state index contributed by atoms with van der Waals surface area (Å²) in [6.45, 7) is 3.48. The van der Waals surface area contributed by atoms with E-state index in [9.17, 15) is 23.1 Å². The highest BCUT2D eigenvalue weighted by molar-refractivity contribution is 6.06. The lowest BCUT2D eigenvalue weighted by Gasteiger charge is -2.35. The van der Waals surface area contributed by atoms with Gasteiger partial charge in [-0.3, -0.25) is 0 Å². The molecule has 4 aromatic rings. The third-order valence-corrected chi connectivity index (χ3v) is 8.05. The Balaban J connectivity index is 1.26. The first-order valence-electron chi connectivity index (χ1n) is 13.9. The van der Waals surface area contributed by atoms with Gasteiger partial charge in [-0.2, -0.15) is 13.2 Å². The molecule has 13 heteroatoms. The molecule has 0 radical (unpaired) electrons. The Morgan fingerprint density at radius 1 is 1.23 bits per heavy atom. The first kappa shape index (κ1) is 27.3. The number of carboxylic acids is 1. The number of alkyl halides is 3. The van der Waals surface area contributed by atoms with Crippen LogP contribution in [0.5, 0.6) is 5.88 Å². The van der Waals surface area contributed by atoms with Crippen LogP contribution in [0.15, 0.2) is 40.9 Å². The molecule has 3 aromatic heterocycles. The van der Waals surface area contributed by atoms with Crippen molar-refractivity contribution < 1.29 is 37.0 Å². The van der Waals surface area contributed by atoms with Crippen LogP contribution >= 0.6 is 0 Å². The summed E-state index contributed by atoms with van der Waals surface area (Å²) in [5, 5.41) is 10.5. The van der Waals surface area contributed by atoms with Gasteiger partial charge in [-0.25, -0.2) is 19.7 Å². The third kappa shape index (κ3) is 4.95. The summed E-state index contributed by atoms with van der Waals surface area (Å²) >= 11 is 0. The van der Waals surface area contributed by atoms with Crippen molar-refractivity contribution in [3.05, 3.63) is 47.9 Å². The molecule has 0 amide bonds. The summed E-state index contributed by atoms with van der Waals surface area (Å²) in [6.07, 6.45) is -2.09. The van der Waals surface area contributed by atoms with E-state index < -0.39 is 30.1 Å². The summed E-state index contributed by atoms with van der Waals surface area (Å²) in [5.74, 6) is 3.31. The van der Waals surface area contributed by atoms with E-state index in [-0.39, 0.29) is 35.5 Å². The van der Waals surface area contributed by atoms with Gasteiger partial charge in [0.2, 0.25) is 11.7 Å². The number of nitrogens with zero attached hydrogens (tertiary/aromatic N) is 5. The fourth-order valence-corrected chi connectivity index (χ4v) is 5.87. The van der Waals surface area contributed by atoms with E-state index in [0.29, 0.717) is 47.8 Å². The van der Waals surface area contributed by atoms with Crippen LogP contribution in [0.3, 0.4) is 0 Å². The number of carboxylic acid groups (broad SMARTS) is 1. The van der Waals surface area contributed by atoms with Crippen molar-refractivity contribution in [3.8, 4) is 17.7 Å². The highest BCUT2D eigenvalue weighted by atomic mass is 19.4. The monoisotopic (exact) mass is 593 g/mol. The summed E-state index contributed by atoms with van der Waals surface area (Å²) in [6, 6.07) is 7.20. The number of carbonyl (C=O) groups is 1. The molecule has 3 aliphatic rings. The van der Waals surface area contributed by atoms with Crippen LogP contribution in [0.1, 0.15) is 37.6 Å². The fraction of sp³-hybridized carbons (Fsp3) is 0.400. The van der Waals surface area contributed by atoms with E-state index in [4.69, 9.17) is 13.9 Å². The average molecular weight is 594 g/mol. The normalized spacial score (nSPS) is 21.3. The number of halogens is 3. The number of para-hydroxylation sites is 1. The van der Waals surface area contributed by atoms with Crippen LogP contribution in [0.25, 0.3) is 22.1 Å². The summed E-state index contributed by atoms with van der Waals surface area (Å²) < 4.78 is 60.0. The smallest absolute Gasteiger partial charge is 0.451 e. The van der Waals surface area contributed by atoms with Gasteiger partial charge in [0, 0.05) is 36.7 Å². The maximum Gasteiger partial charge on any atom is 0.451 e. The van der Waals surface area contributed by atoms with Crippen molar-refractivity contribution in [2.75, 3.05) is 36.0 Å². The predicted molar refractivity (Wildman–Crippen MR) is 149 cm³/mol. The van der Waals surface area contributed by atoms with Gasteiger partial charge in [0.15, 0.2) is 11.4 Å². The Morgan fingerprint density at radius 2 is 2.05 bits per heavy atom. The first-order chi connectivity index (χ1) is 20.6. The summed E-state index contributed by atoms with van der Waals surface area (Å²) in [7, 11) is 0. The highest BCUT2D eigenvalue weighted by Crippen LogP contribution is 2.45. The van der Waals surface area contributed by atoms with Crippen molar-refractivity contribution >= 4 is 39.5 Å².